The molecule has 1 aromatic heterocycles. The van der Waals surface area contributed by atoms with Gasteiger partial charge in [-0.1, -0.05) is 12.1 Å². The molecule has 0 bridgehead atoms. The molecule has 7 rings (SSSR count). The van der Waals surface area contributed by atoms with Crippen LogP contribution >= 0.6 is 0 Å². The number of aryl methyl sites for hydroxylation is 1. The molecule has 11 heteroatoms. The maximum Gasteiger partial charge on any atom is 0.416 e. The summed E-state index contributed by atoms with van der Waals surface area (Å²) in [5.74, 6) is 0.367. The molecule has 3 heterocycles. The smallest absolute Gasteiger partial charge is 0.393 e. The summed E-state index contributed by atoms with van der Waals surface area (Å²) in [5.41, 5.74) is 1.12. The van der Waals surface area contributed by atoms with Crippen LogP contribution in [0.5, 0.6) is 0 Å². The number of nitrogens with zero attached hydrogens (tertiary/aromatic N) is 5. The Kier molecular flexibility index (Phi) is 6.72. The number of carbonyl (C=O) groups excluding carboxylic acids is 1. The highest BCUT2D eigenvalue weighted by Gasteiger charge is 2.51. The number of rotatable bonds is 6. The predicted octanol–water partition coefficient (Wildman–Crippen LogP) is 4.83. The first kappa shape index (κ1) is 28.5. The Hall–Kier alpha value is -3.28. The number of carbonyl (C=O) groups is 1. The van der Waals surface area contributed by atoms with Crippen molar-refractivity contribution in [2.45, 2.75) is 75.4 Å². The van der Waals surface area contributed by atoms with Crippen LogP contribution in [0.3, 0.4) is 0 Å². The van der Waals surface area contributed by atoms with Gasteiger partial charge < -0.3 is 19.3 Å². The van der Waals surface area contributed by atoms with Crippen LogP contribution < -0.4 is 4.90 Å². The summed E-state index contributed by atoms with van der Waals surface area (Å²) in [7, 11) is 3.56. The Morgan fingerprint density at radius 3 is 2.47 bits per heavy atom. The zero-order valence-electron chi connectivity index (χ0n) is 24.4. The lowest BCUT2D eigenvalue weighted by Crippen LogP contribution is -2.48. The van der Waals surface area contributed by atoms with Crippen LogP contribution in [0.1, 0.15) is 77.0 Å². The molecular formula is C32H36F3N5O3. The van der Waals surface area contributed by atoms with E-state index < -0.39 is 23.1 Å². The summed E-state index contributed by atoms with van der Waals surface area (Å²) in [4.78, 5) is 17.4. The maximum absolute atomic E-state index is 14.4. The molecule has 2 aliphatic carbocycles. The number of anilines is 1. The van der Waals surface area contributed by atoms with Gasteiger partial charge in [0.2, 0.25) is 0 Å². The quantitative estimate of drug-likeness (QED) is 0.440. The standard InChI is InChI=1S/C32H36F3N5O3/c1-38-19-36-37-29(38)31(15-24(16-31)43-2)21-4-3-5-22(12-21)40-18-26-25(28(40)42)10-20(11-27(26)32(33,34)35)17-39-8-6-30(7-9-39)13-23(41)14-30/h3-5,10-12,19,23-24,41H,6-9,13-18H2,1-2H3. The summed E-state index contributed by atoms with van der Waals surface area (Å²) in [6.45, 7) is 1.77. The first-order valence-electron chi connectivity index (χ1n) is 14.9. The van der Waals surface area contributed by atoms with Crippen molar-refractivity contribution in [1.29, 1.82) is 0 Å². The highest BCUT2D eigenvalue weighted by molar-refractivity contribution is 6.10. The van der Waals surface area contributed by atoms with Crippen molar-refractivity contribution in [3.8, 4) is 0 Å². The lowest BCUT2D eigenvalue weighted by atomic mass is 9.61. The molecule has 4 aliphatic rings. The Labute approximate surface area is 248 Å². The number of methoxy groups -OCH3 is 1. The van der Waals surface area contributed by atoms with Crippen LogP contribution in [0, 0.1) is 5.41 Å². The average Bonchev–Trinajstić information content (AvgIpc) is 3.51. The van der Waals surface area contributed by atoms with E-state index in [9.17, 15) is 23.1 Å². The third kappa shape index (κ3) is 4.76. The number of aliphatic hydroxyl groups is 1. The van der Waals surface area contributed by atoms with E-state index >= 15 is 0 Å². The van der Waals surface area contributed by atoms with Crippen LogP contribution in [-0.4, -0.2) is 63.1 Å². The number of amides is 1. The molecule has 3 aromatic rings. The van der Waals surface area contributed by atoms with E-state index in [-0.39, 0.29) is 35.3 Å². The molecule has 43 heavy (non-hydrogen) atoms. The van der Waals surface area contributed by atoms with Gasteiger partial charge in [-0.2, -0.15) is 13.2 Å². The number of likely N-dealkylation sites (tertiary alicyclic amines) is 1. The highest BCUT2D eigenvalue weighted by atomic mass is 19.4. The van der Waals surface area contributed by atoms with Crippen LogP contribution in [0.2, 0.25) is 0 Å². The van der Waals surface area contributed by atoms with Gasteiger partial charge >= 0.3 is 6.18 Å². The Morgan fingerprint density at radius 1 is 1.09 bits per heavy atom. The topological polar surface area (TPSA) is 83.7 Å². The third-order valence-electron chi connectivity index (χ3n) is 10.4. The second-order valence-electron chi connectivity index (χ2n) is 13.1. The monoisotopic (exact) mass is 595 g/mol. The van der Waals surface area contributed by atoms with Crippen LogP contribution in [0.4, 0.5) is 18.9 Å². The number of alkyl halides is 3. The molecule has 0 unspecified atom stereocenters. The number of piperidine rings is 1. The molecule has 1 spiro atoms. The van der Waals surface area contributed by atoms with Gasteiger partial charge in [-0.05, 0) is 98.0 Å². The number of hydrogen-bond donors (Lipinski definition) is 1. The fourth-order valence-electron chi connectivity index (χ4n) is 7.93. The third-order valence-corrected chi connectivity index (χ3v) is 10.4. The lowest BCUT2D eigenvalue weighted by molar-refractivity contribution is -0.138. The van der Waals surface area contributed by atoms with Crippen LogP contribution in [-0.2, 0) is 36.5 Å². The van der Waals surface area contributed by atoms with Gasteiger partial charge in [-0.25, -0.2) is 0 Å². The van der Waals surface area contributed by atoms with Crippen molar-refractivity contribution in [1.82, 2.24) is 19.7 Å². The van der Waals surface area contributed by atoms with Crippen molar-refractivity contribution >= 4 is 11.6 Å². The molecule has 1 N–H and O–H groups in total. The largest absolute Gasteiger partial charge is 0.416 e. The molecule has 2 saturated carbocycles. The van der Waals surface area contributed by atoms with Gasteiger partial charge in [0.1, 0.15) is 12.2 Å². The summed E-state index contributed by atoms with van der Waals surface area (Å²) in [6.07, 6.45) is 1.78. The van der Waals surface area contributed by atoms with Crippen molar-refractivity contribution in [3.05, 3.63) is 76.4 Å². The van der Waals surface area contributed by atoms with Crippen LogP contribution in [0.15, 0.2) is 42.7 Å². The SMILES string of the molecule is COC1CC(c2cccc(N3Cc4c(cc(CN5CCC6(CC5)CC(O)C6)cc4C(F)(F)F)C3=O)c2)(c2nncn2C)C1. The fourth-order valence-corrected chi connectivity index (χ4v) is 7.93. The van der Waals surface area contributed by atoms with Crippen molar-refractivity contribution in [2.24, 2.45) is 12.5 Å². The van der Waals surface area contributed by atoms with Gasteiger partial charge in [0, 0.05) is 32.0 Å². The molecule has 2 aromatic carbocycles. The van der Waals surface area contributed by atoms with E-state index in [0.717, 1.165) is 50.2 Å². The minimum Gasteiger partial charge on any atom is -0.393 e. The van der Waals surface area contributed by atoms with E-state index in [1.165, 1.54) is 11.0 Å². The Morgan fingerprint density at radius 2 is 1.84 bits per heavy atom. The van der Waals surface area contributed by atoms with E-state index in [2.05, 4.69) is 15.1 Å². The molecule has 1 amide bonds. The molecule has 0 atom stereocenters. The van der Waals surface area contributed by atoms with E-state index in [0.29, 0.717) is 30.6 Å². The minimum atomic E-state index is -4.58. The van der Waals surface area contributed by atoms with E-state index in [1.807, 2.05) is 29.8 Å². The fraction of sp³-hybridized carbons (Fsp3) is 0.531. The van der Waals surface area contributed by atoms with Gasteiger partial charge in [0.05, 0.1) is 29.7 Å². The summed E-state index contributed by atoms with van der Waals surface area (Å²) in [5, 5.41) is 18.2. The molecule has 8 nitrogen and oxygen atoms in total. The molecule has 2 aliphatic heterocycles. The Balaban J connectivity index is 1.17. The highest BCUT2D eigenvalue weighted by Crippen LogP contribution is 2.51. The maximum atomic E-state index is 14.4. The average molecular weight is 596 g/mol. The minimum absolute atomic E-state index is 0.0267. The molecule has 3 fully saturated rings. The molecular weight excluding hydrogens is 559 g/mol. The van der Waals surface area contributed by atoms with E-state index in [1.54, 1.807) is 25.6 Å². The second-order valence-corrected chi connectivity index (χ2v) is 13.1. The van der Waals surface area contributed by atoms with Gasteiger partial charge in [-0.15, -0.1) is 10.2 Å². The van der Waals surface area contributed by atoms with Crippen molar-refractivity contribution in [3.63, 3.8) is 0 Å². The predicted molar refractivity (Wildman–Crippen MR) is 152 cm³/mol. The van der Waals surface area contributed by atoms with Gasteiger partial charge in [0.25, 0.3) is 5.91 Å². The zero-order valence-corrected chi connectivity index (χ0v) is 24.4. The van der Waals surface area contributed by atoms with Crippen molar-refractivity contribution < 1.29 is 27.8 Å². The second kappa shape index (κ2) is 10.1. The van der Waals surface area contributed by atoms with Gasteiger partial charge in [-0.3, -0.25) is 9.69 Å². The summed E-state index contributed by atoms with van der Waals surface area (Å²) < 4.78 is 50.6. The number of aliphatic hydroxyl groups excluding tert-OH is 1. The molecule has 228 valence electrons. The number of hydrogen-bond acceptors (Lipinski definition) is 6. The number of aromatic nitrogens is 3. The Bertz CT molecular complexity index is 1550. The number of ether oxygens (including phenoxy) is 1. The normalized spacial score (nSPS) is 25.6. The zero-order chi connectivity index (χ0) is 30.1. The van der Waals surface area contributed by atoms with Gasteiger partial charge in [0.15, 0.2) is 0 Å². The number of fused-ring (bicyclic) bond motifs is 1. The van der Waals surface area contributed by atoms with Crippen LogP contribution in [0.25, 0.3) is 0 Å². The first-order chi connectivity index (χ1) is 20.5. The van der Waals surface area contributed by atoms with Crippen molar-refractivity contribution in [2.75, 3.05) is 25.1 Å². The molecule has 0 radical (unpaired) electrons. The van der Waals surface area contributed by atoms with E-state index in [4.69, 9.17) is 4.74 Å². The number of halogens is 3. The first-order valence-corrected chi connectivity index (χ1v) is 14.9. The lowest BCUT2D eigenvalue weighted by Gasteiger charge is -2.50. The number of benzene rings is 2. The summed E-state index contributed by atoms with van der Waals surface area (Å²) in [6, 6.07) is 10.4. The molecule has 1 saturated heterocycles. The summed E-state index contributed by atoms with van der Waals surface area (Å²) >= 11 is 0.